The van der Waals surface area contributed by atoms with Crippen LogP contribution in [0.15, 0.2) is 42.5 Å². The summed E-state index contributed by atoms with van der Waals surface area (Å²) in [6, 6.07) is 14.1. The standard InChI is InChI=1S/C24H30N2O4/c1-28-21-5-2-4-20(15-21)26-11-10-19(17-26)16-25-24(27)9-7-18-6-8-22-23(14-18)30-13-3-12-29-22/h2,4-6,8,14-15,19H,3,7,9-13,16-17H2,1H3,(H,25,27). The highest BCUT2D eigenvalue weighted by molar-refractivity contribution is 5.76. The van der Waals surface area contributed by atoms with Crippen molar-refractivity contribution in [1.82, 2.24) is 5.32 Å². The van der Waals surface area contributed by atoms with Crippen molar-refractivity contribution in [1.29, 1.82) is 0 Å². The number of ether oxygens (including phenoxy) is 3. The van der Waals surface area contributed by atoms with Crippen LogP contribution in [-0.2, 0) is 11.2 Å². The van der Waals surface area contributed by atoms with Gasteiger partial charge in [-0.1, -0.05) is 12.1 Å². The van der Waals surface area contributed by atoms with Crippen molar-refractivity contribution >= 4 is 11.6 Å². The number of rotatable bonds is 7. The normalized spacial score (nSPS) is 18.0. The molecule has 0 saturated carbocycles. The molecule has 0 spiro atoms. The molecule has 1 atom stereocenters. The molecule has 2 aromatic carbocycles. The summed E-state index contributed by atoms with van der Waals surface area (Å²) in [5.41, 5.74) is 2.28. The molecule has 6 nitrogen and oxygen atoms in total. The smallest absolute Gasteiger partial charge is 0.220 e. The van der Waals surface area contributed by atoms with Crippen molar-refractivity contribution in [2.75, 3.05) is 44.9 Å². The van der Waals surface area contributed by atoms with E-state index in [0.29, 0.717) is 32.0 Å². The molecule has 2 aromatic rings. The average Bonchev–Trinajstić information content (AvgIpc) is 3.14. The van der Waals surface area contributed by atoms with E-state index in [1.165, 1.54) is 5.69 Å². The average molecular weight is 411 g/mol. The first kappa shape index (κ1) is 20.4. The number of amides is 1. The quantitative estimate of drug-likeness (QED) is 0.758. The molecule has 4 rings (SSSR count). The minimum absolute atomic E-state index is 0.0990. The third-order valence-electron chi connectivity index (χ3n) is 5.74. The van der Waals surface area contributed by atoms with E-state index in [2.05, 4.69) is 22.3 Å². The molecule has 1 fully saturated rings. The van der Waals surface area contributed by atoms with Gasteiger partial charge in [0.05, 0.1) is 20.3 Å². The SMILES string of the molecule is COc1cccc(N2CCC(CNC(=O)CCc3ccc4c(c3)OCCCO4)C2)c1. The Labute approximate surface area is 178 Å². The Hall–Kier alpha value is -2.89. The molecule has 160 valence electrons. The lowest BCUT2D eigenvalue weighted by atomic mass is 10.1. The summed E-state index contributed by atoms with van der Waals surface area (Å²) in [5.74, 6) is 3.02. The number of carbonyl (C=O) groups is 1. The molecule has 1 N–H and O–H groups in total. The molecule has 1 saturated heterocycles. The van der Waals surface area contributed by atoms with E-state index >= 15 is 0 Å². The van der Waals surface area contributed by atoms with Crippen molar-refractivity contribution in [3.05, 3.63) is 48.0 Å². The molecule has 0 bridgehead atoms. The van der Waals surface area contributed by atoms with E-state index in [1.807, 2.05) is 30.3 Å². The summed E-state index contributed by atoms with van der Waals surface area (Å²) < 4.78 is 16.7. The van der Waals surface area contributed by atoms with Gasteiger partial charge >= 0.3 is 0 Å². The van der Waals surface area contributed by atoms with Crippen LogP contribution in [-0.4, -0.2) is 45.9 Å². The predicted octanol–water partition coefficient (Wildman–Crippen LogP) is 3.43. The highest BCUT2D eigenvalue weighted by Crippen LogP contribution is 2.31. The number of nitrogens with one attached hydrogen (secondary N) is 1. The Kier molecular flexibility index (Phi) is 6.62. The van der Waals surface area contributed by atoms with E-state index < -0.39 is 0 Å². The number of methoxy groups -OCH3 is 1. The first-order valence-electron chi connectivity index (χ1n) is 10.8. The molecular weight excluding hydrogens is 380 g/mol. The first-order valence-corrected chi connectivity index (χ1v) is 10.8. The Bertz CT molecular complexity index is 870. The van der Waals surface area contributed by atoms with Crippen molar-refractivity contribution in [2.24, 2.45) is 5.92 Å². The van der Waals surface area contributed by atoms with Crippen LogP contribution >= 0.6 is 0 Å². The van der Waals surface area contributed by atoms with Crippen LogP contribution in [0.25, 0.3) is 0 Å². The second kappa shape index (κ2) is 9.74. The Morgan fingerprint density at radius 2 is 2.03 bits per heavy atom. The first-order chi connectivity index (χ1) is 14.7. The van der Waals surface area contributed by atoms with Crippen LogP contribution in [0.5, 0.6) is 17.2 Å². The maximum absolute atomic E-state index is 12.4. The number of fused-ring (bicyclic) bond motifs is 1. The number of anilines is 1. The fourth-order valence-electron chi connectivity index (χ4n) is 4.01. The van der Waals surface area contributed by atoms with Gasteiger partial charge in [-0.25, -0.2) is 0 Å². The Balaban J connectivity index is 1.21. The molecule has 2 aliphatic rings. The second-order valence-electron chi connectivity index (χ2n) is 7.94. The molecular formula is C24H30N2O4. The minimum atomic E-state index is 0.0990. The molecule has 1 amide bonds. The lowest BCUT2D eigenvalue weighted by Crippen LogP contribution is -2.31. The van der Waals surface area contributed by atoms with Crippen LogP contribution in [0.2, 0.25) is 0 Å². The van der Waals surface area contributed by atoms with Crippen molar-refractivity contribution < 1.29 is 19.0 Å². The predicted molar refractivity (Wildman–Crippen MR) is 117 cm³/mol. The molecule has 30 heavy (non-hydrogen) atoms. The number of carbonyl (C=O) groups excluding carboxylic acids is 1. The maximum atomic E-state index is 12.4. The van der Waals surface area contributed by atoms with Gasteiger partial charge in [-0.2, -0.15) is 0 Å². The summed E-state index contributed by atoms with van der Waals surface area (Å²) in [6.45, 7) is 4.04. The summed E-state index contributed by atoms with van der Waals surface area (Å²) in [6.07, 6.45) is 3.15. The lowest BCUT2D eigenvalue weighted by molar-refractivity contribution is -0.121. The summed E-state index contributed by atoms with van der Waals surface area (Å²) in [7, 11) is 1.69. The van der Waals surface area contributed by atoms with Crippen LogP contribution < -0.4 is 24.4 Å². The minimum Gasteiger partial charge on any atom is -0.497 e. The van der Waals surface area contributed by atoms with Gasteiger partial charge in [0, 0.05) is 44.2 Å². The van der Waals surface area contributed by atoms with Crippen molar-refractivity contribution in [3.8, 4) is 17.2 Å². The molecule has 0 aromatic heterocycles. The van der Waals surface area contributed by atoms with Gasteiger partial charge in [-0.3, -0.25) is 4.79 Å². The Morgan fingerprint density at radius 3 is 2.90 bits per heavy atom. The van der Waals surface area contributed by atoms with Gasteiger partial charge in [-0.15, -0.1) is 0 Å². The van der Waals surface area contributed by atoms with Crippen molar-refractivity contribution in [2.45, 2.75) is 25.7 Å². The largest absolute Gasteiger partial charge is 0.497 e. The van der Waals surface area contributed by atoms with Crippen LogP contribution in [0, 0.1) is 5.92 Å². The lowest BCUT2D eigenvalue weighted by Gasteiger charge is -2.19. The number of aryl methyl sites for hydroxylation is 1. The van der Waals surface area contributed by atoms with Crippen LogP contribution in [0.4, 0.5) is 5.69 Å². The highest BCUT2D eigenvalue weighted by atomic mass is 16.5. The van der Waals surface area contributed by atoms with E-state index in [0.717, 1.165) is 55.3 Å². The molecule has 6 heteroatoms. The monoisotopic (exact) mass is 410 g/mol. The molecule has 0 radical (unpaired) electrons. The van der Waals surface area contributed by atoms with Crippen LogP contribution in [0.3, 0.4) is 0 Å². The summed E-state index contributed by atoms with van der Waals surface area (Å²) in [4.78, 5) is 14.7. The molecule has 2 heterocycles. The topological polar surface area (TPSA) is 60.0 Å². The van der Waals surface area contributed by atoms with Gasteiger partial charge < -0.3 is 24.4 Å². The Morgan fingerprint density at radius 1 is 1.17 bits per heavy atom. The third kappa shape index (κ3) is 5.17. The highest BCUT2D eigenvalue weighted by Gasteiger charge is 2.23. The fraction of sp³-hybridized carbons (Fsp3) is 0.458. The number of hydrogen-bond donors (Lipinski definition) is 1. The van der Waals surface area contributed by atoms with E-state index in [9.17, 15) is 4.79 Å². The summed E-state index contributed by atoms with van der Waals surface area (Å²) in [5, 5.41) is 3.12. The van der Waals surface area contributed by atoms with Gasteiger partial charge in [0.15, 0.2) is 11.5 Å². The number of nitrogens with zero attached hydrogens (tertiary/aromatic N) is 1. The summed E-state index contributed by atoms with van der Waals surface area (Å²) >= 11 is 0. The van der Waals surface area contributed by atoms with Gasteiger partial charge in [-0.05, 0) is 48.6 Å². The second-order valence-corrected chi connectivity index (χ2v) is 7.94. The van der Waals surface area contributed by atoms with Gasteiger partial charge in [0.2, 0.25) is 5.91 Å². The zero-order valence-corrected chi connectivity index (χ0v) is 17.6. The van der Waals surface area contributed by atoms with Gasteiger partial charge in [0.25, 0.3) is 0 Å². The maximum Gasteiger partial charge on any atom is 0.220 e. The van der Waals surface area contributed by atoms with Gasteiger partial charge in [0.1, 0.15) is 5.75 Å². The number of hydrogen-bond acceptors (Lipinski definition) is 5. The molecule has 0 aliphatic carbocycles. The fourth-order valence-corrected chi connectivity index (χ4v) is 4.01. The third-order valence-corrected chi connectivity index (χ3v) is 5.74. The van der Waals surface area contributed by atoms with E-state index in [1.54, 1.807) is 7.11 Å². The molecule has 1 unspecified atom stereocenters. The van der Waals surface area contributed by atoms with Crippen LogP contribution in [0.1, 0.15) is 24.8 Å². The van der Waals surface area contributed by atoms with Crippen molar-refractivity contribution in [3.63, 3.8) is 0 Å². The van der Waals surface area contributed by atoms with E-state index in [-0.39, 0.29) is 5.91 Å². The van der Waals surface area contributed by atoms with E-state index in [4.69, 9.17) is 14.2 Å². The zero-order valence-electron chi connectivity index (χ0n) is 17.6. The zero-order chi connectivity index (χ0) is 20.8. The molecule has 2 aliphatic heterocycles. The number of benzene rings is 2.